The van der Waals surface area contributed by atoms with Crippen molar-refractivity contribution in [3.63, 3.8) is 0 Å². The molecule has 0 saturated carbocycles. The minimum atomic E-state index is -0.534. The summed E-state index contributed by atoms with van der Waals surface area (Å²) in [6.45, 7) is 1.15. The third-order valence-electron chi connectivity index (χ3n) is 3.51. The molecule has 0 N–H and O–H groups in total. The summed E-state index contributed by atoms with van der Waals surface area (Å²) >= 11 is 0. The van der Waals surface area contributed by atoms with Crippen molar-refractivity contribution in [2.75, 3.05) is 27.4 Å². The van der Waals surface area contributed by atoms with Crippen LogP contribution < -0.4 is 4.74 Å². The first kappa shape index (κ1) is 14.5. The van der Waals surface area contributed by atoms with Gasteiger partial charge in [0.1, 0.15) is 18.3 Å². The molecule has 1 amide bonds. The number of hydrogen-bond acceptors (Lipinski definition) is 4. The van der Waals surface area contributed by atoms with Crippen LogP contribution in [0.2, 0.25) is 0 Å². The molecule has 20 heavy (non-hydrogen) atoms. The highest BCUT2D eigenvalue weighted by Crippen LogP contribution is 2.22. The normalized spacial score (nSPS) is 18.4. The first-order chi connectivity index (χ1) is 9.65. The average molecular weight is 277 g/mol. The third kappa shape index (κ3) is 3.17. The van der Waals surface area contributed by atoms with Gasteiger partial charge in [0.2, 0.25) is 5.91 Å². The van der Waals surface area contributed by atoms with Crippen LogP contribution in [-0.4, -0.2) is 44.0 Å². The SMILES string of the molecule is COCC(=O)C1CCN(Cc2ccc(OC)cc2)C1=O. The second kappa shape index (κ2) is 6.52. The number of hydrogen-bond donors (Lipinski definition) is 0. The van der Waals surface area contributed by atoms with E-state index < -0.39 is 5.92 Å². The monoisotopic (exact) mass is 277 g/mol. The summed E-state index contributed by atoms with van der Waals surface area (Å²) in [7, 11) is 3.08. The lowest BCUT2D eigenvalue weighted by Gasteiger charge is -2.16. The number of ketones is 1. The Balaban J connectivity index is 1.97. The van der Waals surface area contributed by atoms with Crippen LogP contribution in [0.1, 0.15) is 12.0 Å². The van der Waals surface area contributed by atoms with E-state index in [1.165, 1.54) is 7.11 Å². The van der Waals surface area contributed by atoms with Crippen LogP contribution in [0.4, 0.5) is 0 Å². The molecule has 1 saturated heterocycles. The van der Waals surface area contributed by atoms with E-state index in [1.54, 1.807) is 12.0 Å². The summed E-state index contributed by atoms with van der Waals surface area (Å²) in [5.41, 5.74) is 1.03. The lowest BCUT2D eigenvalue weighted by Crippen LogP contribution is -2.31. The largest absolute Gasteiger partial charge is 0.497 e. The molecule has 0 aromatic heterocycles. The molecule has 108 valence electrons. The summed E-state index contributed by atoms with van der Waals surface area (Å²) in [5, 5.41) is 0. The molecule has 0 aliphatic carbocycles. The molecule has 1 aliphatic heterocycles. The molecule has 1 unspecified atom stereocenters. The van der Waals surface area contributed by atoms with Gasteiger partial charge in [-0.3, -0.25) is 9.59 Å². The third-order valence-corrected chi connectivity index (χ3v) is 3.51. The van der Waals surface area contributed by atoms with Crippen molar-refractivity contribution in [1.82, 2.24) is 4.90 Å². The second-order valence-corrected chi connectivity index (χ2v) is 4.85. The molecule has 2 rings (SSSR count). The summed E-state index contributed by atoms with van der Waals surface area (Å²) in [5.74, 6) is 0.0282. The number of Topliss-reactive ketones (excluding diaryl/α,β-unsaturated/α-hetero) is 1. The van der Waals surface area contributed by atoms with Crippen molar-refractivity contribution in [3.05, 3.63) is 29.8 Å². The minimum absolute atomic E-state index is 0.00673. The molecule has 1 aromatic rings. The van der Waals surface area contributed by atoms with Gasteiger partial charge >= 0.3 is 0 Å². The van der Waals surface area contributed by atoms with E-state index >= 15 is 0 Å². The van der Waals surface area contributed by atoms with Crippen molar-refractivity contribution >= 4 is 11.7 Å². The maximum absolute atomic E-state index is 12.2. The van der Waals surface area contributed by atoms with Crippen molar-refractivity contribution in [3.8, 4) is 5.75 Å². The van der Waals surface area contributed by atoms with Gasteiger partial charge in [-0.25, -0.2) is 0 Å². The summed E-state index contributed by atoms with van der Waals surface area (Å²) in [6, 6.07) is 7.58. The number of benzene rings is 1. The maximum atomic E-state index is 12.2. The number of nitrogens with zero attached hydrogens (tertiary/aromatic N) is 1. The van der Waals surface area contributed by atoms with Gasteiger partial charge in [-0.15, -0.1) is 0 Å². The van der Waals surface area contributed by atoms with Crippen LogP contribution >= 0.6 is 0 Å². The van der Waals surface area contributed by atoms with Crippen LogP contribution in [0, 0.1) is 5.92 Å². The molecule has 1 atom stereocenters. The van der Waals surface area contributed by atoms with E-state index in [9.17, 15) is 9.59 Å². The zero-order chi connectivity index (χ0) is 14.5. The number of carbonyl (C=O) groups is 2. The molecule has 1 aliphatic rings. The highest BCUT2D eigenvalue weighted by Gasteiger charge is 2.36. The second-order valence-electron chi connectivity index (χ2n) is 4.85. The lowest BCUT2D eigenvalue weighted by atomic mass is 10.0. The van der Waals surface area contributed by atoms with Gasteiger partial charge in [0.05, 0.1) is 7.11 Å². The fraction of sp³-hybridized carbons (Fsp3) is 0.467. The van der Waals surface area contributed by atoms with Crippen LogP contribution in [0.3, 0.4) is 0 Å². The Kier molecular flexibility index (Phi) is 4.74. The first-order valence-corrected chi connectivity index (χ1v) is 6.59. The van der Waals surface area contributed by atoms with E-state index in [0.717, 1.165) is 11.3 Å². The standard InChI is InChI=1S/C15H19NO4/c1-19-10-14(17)13-7-8-16(15(13)18)9-11-3-5-12(20-2)6-4-11/h3-6,13H,7-10H2,1-2H3. The summed E-state index contributed by atoms with van der Waals surface area (Å²) < 4.78 is 9.91. The number of likely N-dealkylation sites (tertiary alicyclic amines) is 1. The molecule has 0 radical (unpaired) electrons. The zero-order valence-corrected chi connectivity index (χ0v) is 11.8. The number of ether oxygens (including phenoxy) is 2. The molecular weight excluding hydrogens is 258 g/mol. The van der Waals surface area contributed by atoms with Gasteiger partial charge in [0.15, 0.2) is 5.78 Å². The number of amides is 1. The fourth-order valence-electron chi connectivity index (χ4n) is 2.39. The lowest BCUT2D eigenvalue weighted by molar-refractivity contribution is -0.138. The van der Waals surface area contributed by atoms with Crippen LogP contribution in [0.5, 0.6) is 5.75 Å². The Hall–Kier alpha value is -1.88. The van der Waals surface area contributed by atoms with E-state index in [4.69, 9.17) is 9.47 Å². The molecule has 5 nitrogen and oxygen atoms in total. The first-order valence-electron chi connectivity index (χ1n) is 6.59. The van der Waals surface area contributed by atoms with Gasteiger partial charge < -0.3 is 14.4 Å². The van der Waals surface area contributed by atoms with E-state index in [1.807, 2.05) is 24.3 Å². The molecule has 0 bridgehead atoms. The molecule has 1 heterocycles. The van der Waals surface area contributed by atoms with E-state index in [0.29, 0.717) is 19.5 Å². The molecule has 0 spiro atoms. The van der Waals surface area contributed by atoms with Crippen molar-refractivity contribution < 1.29 is 19.1 Å². The Morgan fingerprint density at radius 1 is 1.30 bits per heavy atom. The van der Waals surface area contributed by atoms with E-state index in [2.05, 4.69) is 0 Å². The zero-order valence-electron chi connectivity index (χ0n) is 11.8. The highest BCUT2D eigenvalue weighted by atomic mass is 16.5. The van der Waals surface area contributed by atoms with Crippen molar-refractivity contribution in [1.29, 1.82) is 0 Å². The Morgan fingerprint density at radius 2 is 2.00 bits per heavy atom. The number of carbonyl (C=O) groups excluding carboxylic acids is 2. The van der Waals surface area contributed by atoms with Crippen LogP contribution in [-0.2, 0) is 20.9 Å². The van der Waals surface area contributed by atoms with Gasteiger partial charge in [-0.1, -0.05) is 12.1 Å². The molecule has 1 aromatic carbocycles. The van der Waals surface area contributed by atoms with Crippen molar-refractivity contribution in [2.24, 2.45) is 5.92 Å². The van der Waals surface area contributed by atoms with Crippen molar-refractivity contribution in [2.45, 2.75) is 13.0 Å². The van der Waals surface area contributed by atoms with Gasteiger partial charge in [-0.2, -0.15) is 0 Å². The maximum Gasteiger partial charge on any atom is 0.233 e. The molecule has 1 fully saturated rings. The fourth-order valence-corrected chi connectivity index (χ4v) is 2.39. The summed E-state index contributed by atoms with van der Waals surface area (Å²) in [6.07, 6.45) is 0.581. The van der Waals surface area contributed by atoms with Gasteiger partial charge in [0.25, 0.3) is 0 Å². The number of rotatable bonds is 6. The predicted octanol–water partition coefficient (Wildman–Crippen LogP) is 1.26. The molecular formula is C15H19NO4. The smallest absolute Gasteiger partial charge is 0.233 e. The quantitative estimate of drug-likeness (QED) is 0.735. The molecule has 5 heteroatoms. The van der Waals surface area contributed by atoms with E-state index in [-0.39, 0.29) is 18.3 Å². The summed E-state index contributed by atoms with van der Waals surface area (Å²) in [4.78, 5) is 25.6. The topological polar surface area (TPSA) is 55.8 Å². The Bertz CT molecular complexity index is 483. The Labute approximate surface area is 118 Å². The van der Waals surface area contributed by atoms with Crippen LogP contribution in [0.25, 0.3) is 0 Å². The minimum Gasteiger partial charge on any atom is -0.497 e. The highest BCUT2D eigenvalue weighted by molar-refractivity contribution is 6.03. The predicted molar refractivity (Wildman–Crippen MR) is 73.4 cm³/mol. The van der Waals surface area contributed by atoms with Gasteiger partial charge in [-0.05, 0) is 24.1 Å². The Morgan fingerprint density at radius 3 is 2.60 bits per heavy atom. The average Bonchev–Trinajstić information content (AvgIpc) is 2.81. The van der Waals surface area contributed by atoms with Crippen LogP contribution in [0.15, 0.2) is 24.3 Å². The van der Waals surface area contributed by atoms with Gasteiger partial charge in [0, 0.05) is 20.2 Å². The number of methoxy groups -OCH3 is 2.